The lowest BCUT2D eigenvalue weighted by atomic mass is 10.1. The maximum atomic E-state index is 12.4. The molecule has 0 unspecified atom stereocenters. The van der Waals surface area contributed by atoms with E-state index in [1.54, 1.807) is 36.0 Å². The lowest BCUT2D eigenvalue weighted by Crippen LogP contribution is -2.39. The summed E-state index contributed by atoms with van der Waals surface area (Å²) in [6, 6.07) is 15.0. The number of hydrogen-bond donors (Lipinski definition) is 1. The van der Waals surface area contributed by atoms with Crippen molar-refractivity contribution in [2.24, 2.45) is 0 Å². The summed E-state index contributed by atoms with van der Waals surface area (Å²) in [6.45, 7) is 4.57. The Morgan fingerprint density at radius 2 is 1.83 bits per heavy atom. The van der Waals surface area contributed by atoms with E-state index >= 15 is 0 Å². The van der Waals surface area contributed by atoms with Gasteiger partial charge in [0, 0.05) is 25.1 Å². The normalized spacial score (nSPS) is 12.3. The van der Waals surface area contributed by atoms with Crippen LogP contribution in [0.15, 0.2) is 48.5 Å². The highest BCUT2D eigenvalue weighted by molar-refractivity contribution is 7.98. The van der Waals surface area contributed by atoms with Crippen LogP contribution in [0.5, 0.6) is 5.75 Å². The molecule has 1 atom stereocenters. The molecule has 0 bridgehead atoms. The summed E-state index contributed by atoms with van der Waals surface area (Å²) in [5.41, 5.74) is 3.13. The van der Waals surface area contributed by atoms with Gasteiger partial charge in [0.2, 0.25) is 10.0 Å². The van der Waals surface area contributed by atoms with Crippen molar-refractivity contribution in [3.8, 4) is 5.75 Å². The fraction of sp³-hybridized carbons (Fsp3) is 0.409. The SMILES string of the molecule is CC[C@@H](Oc1ccc(N(C)S(C)(=O)=O)cc1)C(=O)NCCSCc1ccccc1C. The van der Waals surface area contributed by atoms with Gasteiger partial charge in [-0.25, -0.2) is 8.42 Å². The number of hydrogen-bond acceptors (Lipinski definition) is 5. The molecular formula is C22H30N2O4S2. The first-order chi connectivity index (χ1) is 14.2. The molecule has 6 nitrogen and oxygen atoms in total. The Bertz CT molecular complexity index is 930. The highest BCUT2D eigenvalue weighted by atomic mass is 32.2. The predicted molar refractivity (Wildman–Crippen MR) is 125 cm³/mol. The van der Waals surface area contributed by atoms with E-state index in [4.69, 9.17) is 4.74 Å². The first-order valence-corrected chi connectivity index (χ1v) is 12.8. The second-order valence-corrected chi connectivity index (χ2v) is 10.1. The van der Waals surface area contributed by atoms with Gasteiger partial charge in [0.25, 0.3) is 5.91 Å². The molecule has 0 saturated carbocycles. The van der Waals surface area contributed by atoms with Gasteiger partial charge in [0.05, 0.1) is 11.9 Å². The molecule has 0 spiro atoms. The van der Waals surface area contributed by atoms with Gasteiger partial charge >= 0.3 is 0 Å². The average Bonchev–Trinajstić information content (AvgIpc) is 2.72. The van der Waals surface area contributed by atoms with Gasteiger partial charge in [0.1, 0.15) is 5.75 Å². The van der Waals surface area contributed by atoms with Gasteiger partial charge in [-0.1, -0.05) is 31.2 Å². The van der Waals surface area contributed by atoms with E-state index in [-0.39, 0.29) is 5.91 Å². The Balaban J connectivity index is 1.79. The number of anilines is 1. The van der Waals surface area contributed by atoms with E-state index in [1.807, 2.05) is 19.1 Å². The first kappa shape index (κ1) is 24.1. The van der Waals surface area contributed by atoms with Crippen molar-refractivity contribution in [3.05, 3.63) is 59.7 Å². The van der Waals surface area contributed by atoms with E-state index < -0.39 is 16.1 Å². The molecule has 1 N–H and O–H groups in total. The number of rotatable bonds is 11. The van der Waals surface area contributed by atoms with Crippen molar-refractivity contribution in [2.75, 3.05) is 29.9 Å². The van der Waals surface area contributed by atoms with E-state index in [1.165, 1.54) is 22.5 Å². The second-order valence-electron chi connectivity index (χ2n) is 7.01. The number of thioether (sulfide) groups is 1. The molecule has 0 radical (unpaired) electrons. The van der Waals surface area contributed by atoms with E-state index in [0.29, 0.717) is 24.4 Å². The summed E-state index contributed by atoms with van der Waals surface area (Å²) >= 11 is 1.78. The van der Waals surface area contributed by atoms with Crippen molar-refractivity contribution in [1.29, 1.82) is 0 Å². The monoisotopic (exact) mass is 450 g/mol. The van der Waals surface area contributed by atoms with Crippen LogP contribution in [-0.4, -0.2) is 46.0 Å². The van der Waals surface area contributed by atoms with Gasteiger partial charge in [-0.3, -0.25) is 9.10 Å². The topological polar surface area (TPSA) is 75.7 Å². The van der Waals surface area contributed by atoms with E-state index in [2.05, 4.69) is 24.4 Å². The van der Waals surface area contributed by atoms with Gasteiger partial charge in [0.15, 0.2) is 6.10 Å². The van der Waals surface area contributed by atoms with Crippen LogP contribution in [0.3, 0.4) is 0 Å². The number of ether oxygens (including phenoxy) is 1. The van der Waals surface area contributed by atoms with Crippen LogP contribution in [0.4, 0.5) is 5.69 Å². The molecule has 0 aliphatic carbocycles. The molecule has 0 aliphatic heterocycles. The Morgan fingerprint density at radius 3 is 2.43 bits per heavy atom. The minimum atomic E-state index is -3.32. The molecule has 8 heteroatoms. The molecule has 0 fully saturated rings. The quantitative estimate of drug-likeness (QED) is 0.530. The summed E-state index contributed by atoms with van der Waals surface area (Å²) in [6.07, 6.45) is 1.09. The zero-order chi connectivity index (χ0) is 22.1. The number of nitrogens with one attached hydrogen (secondary N) is 1. The third kappa shape index (κ3) is 7.25. The summed E-state index contributed by atoms with van der Waals surface area (Å²) in [5.74, 6) is 2.12. The molecule has 30 heavy (non-hydrogen) atoms. The largest absolute Gasteiger partial charge is 0.481 e. The fourth-order valence-corrected chi connectivity index (χ4v) is 4.17. The number of carbonyl (C=O) groups excluding carboxylic acids is 1. The third-order valence-electron chi connectivity index (χ3n) is 4.70. The molecule has 0 saturated heterocycles. The standard InChI is InChI=1S/C22H30N2O4S2/c1-5-21(28-20-12-10-19(11-13-20)24(3)30(4,26)27)22(25)23-14-15-29-16-18-9-7-6-8-17(18)2/h6-13,21H,5,14-16H2,1-4H3,(H,23,25)/t21-/m1/s1. The summed E-state index contributed by atoms with van der Waals surface area (Å²) in [4.78, 5) is 12.4. The number of benzene rings is 2. The molecule has 2 aromatic carbocycles. The van der Waals surface area contributed by atoms with Crippen LogP contribution in [-0.2, 0) is 20.6 Å². The highest BCUT2D eigenvalue weighted by Crippen LogP contribution is 2.21. The first-order valence-electron chi connectivity index (χ1n) is 9.83. The van der Waals surface area contributed by atoms with Crippen molar-refractivity contribution < 1.29 is 17.9 Å². The number of carbonyl (C=O) groups is 1. The zero-order valence-corrected chi connectivity index (χ0v) is 19.6. The van der Waals surface area contributed by atoms with Crippen LogP contribution in [0.25, 0.3) is 0 Å². The van der Waals surface area contributed by atoms with Crippen LogP contribution >= 0.6 is 11.8 Å². The molecule has 2 aromatic rings. The van der Waals surface area contributed by atoms with Gasteiger partial charge in [-0.05, 0) is 48.7 Å². The fourth-order valence-electron chi connectivity index (χ4n) is 2.73. The Labute approximate surface area is 184 Å². The van der Waals surface area contributed by atoms with E-state index in [0.717, 1.165) is 17.8 Å². The molecule has 2 rings (SSSR count). The lowest BCUT2D eigenvalue weighted by molar-refractivity contribution is -0.127. The van der Waals surface area contributed by atoms with Gasteiger partial charge in [-0.2, -0.15) is 11.8 Å². The van der Waals surface area contributed by atoms with Crippen LogP contribution in [0.2, 0.25) is 0 Å². The smallest absolute Gasteiger partial charge is 0.261 e. The number of nitrogens with zero attached hydrogens (tertiary/aromatic N) is 1. The van der Waals surface area contributed by atoms with Crippen molar-refractivity contribution >= 4 is 33.4 Å². The summed E-state index contributed by atoms with van der Waals surface area (Å²) in [5, 5.41) is 2.93. The zero-order valence-electron chi connectivity index (χ0n) is 17.9. The minimum absolute atomic E-state index is 0.147. The molecular weight excluding hydrogens is 420 g/mol. The van der Waals surface area contributed by atoms with Crippen molar-refractivity contribution in [1.82, 2.24) is 5.32 Å². The Hall–Kier alpha value is -2.19. The summed E-state index contributed by atoms with van der Waals surface area (Å²) < 4.78 is 30.2. The molecule has 0 heterocycles. The number of amides is 1. The van der Waals surface area contributed by atoms with Crippen LogP contribution in [0, 0.1) is 6.92 Å². The molecule has 1 amide bonds. The molecule has 164 valence electrons. The van der Waals surface area contributed by atoms with Gasteiger partial charge in [-0.15, -0.1) is 0 Å². The van der Waals surface area contributed by atoms with Crippen LogP contribution < -0.4 is 14.4 Å². The Kier molecular flexibility index (Phi) is 9.05. The maximum absolute atomic E-state index is 12.4. The average molecular weight is 451 g/mol. The highest BCUT2D eigenvalue weighted by Gasteiger charge is 2.18. The maximum Gasteiger partial charge on any atom is 0.261 e. The third-order valence-corrected chi connectivity index (χ3v) is 6.92. The van der Waals surface area contributed by atoms with Crippen molar-refractivity contribution in [3.63, 3.8) is 0 Å². The molecule has 0 aromatic heterocycles. The number of sulfonamides is 1. The Morgan fingerprint density at radius 1 is 1.17 bits per heavy atom. The van der Waals surface area contributed by atoms with Crippen LogP contribution in [0.1, 0.15) is 24.5 Å². The second kappa shape index (κ2) is 11.3. The molecule has 0 aliphatic rings. The van der Waals surface area contributed by atoms with Crippen molar-refractivity contribution in [2.45, 2.75) is 32.1 Å². The summed E-state index contributed by atoms with van der Waals surface area (Å²) in [7, 11) is -1.83. The minimum Gasteiger partial charge on any atom is -0.481 e. The van der Waals surface area contributed by atoms with E-state index in [9.17, 15) is 13.2 Å². The predicted octanol–water partition coefficient (Wildman–Crippen LogP) is 3.60. The lowest BCUT2D eigenvalue weighted by Gasteiger charge is -2.19. The number of aryl methyl sites for hydroxylation is 1. The van der Waals surface area contributed by atoms with Gasteiger partial charge < -0.3 is 10.1 Å².